The Balaban J connectivity index is 1.46. The molecule has 0 atom stereocenters. The fourth-order valence-electron chi connectivity index (χ4n) is 3.29. The van der Waals surface area contributed by atoms with Crippen LogP contribution in [0, 0.1) is 6.92 Å². The third-order valence-electron chi connectivity index (χ3n) is 4.96. The second-order valence-corrected chi connectivity index (χ2v) is 7.89. The van der Waals surface area contributed by atoms with Crippen molar-refractivity contribution in [1.29, 1.82) is 0 Å². The molecule has 30 heavy (non-hydrogen) atoms. The average molecular weight is 470 g/mol. The van der Waals surface area contributed by atoms with Crippen molar-refractivity contribution >= 4 is 21.6 Å². The zero-order valence-corrected chi connectivity index (χ0v) is 18.6. The maximum Gasteiger partial charge on any atom is 0.175 e. The fourth-order valence-corrected chi connectivity index (χ4v) is 3.90. The van der Waals surface area contributed by atoms with Gasteiger partial charge < -0.3 is 24.3 Å². The maximum atomic E-state index is 6.08. The molecule has 5 nitrogen and oxygen atoms in total. The lowest BCUT2D eigenvalue weighted by Crippen LogP contribution is -2.15. The number of hydrogen-bond donors (Lipinski definition) is 1. The van der Waals surface area contributed by atoms with Gasteiger partial charge in [0.05, 0.1) is 11.6 Å². The molecule has 0 aliphatic carbocycles. The highest BCUT2D eigenvalue weighted by atomic mass is 79.9. The van der Waals surface area contributed by atoms with Gasteiger partial charge in [-0.3, -0.25) is 0 Å². The van der Waals surface area contributed by atoms with E-state index in [-0.39, 0.29) is 0 Å². The molecule has 1 heterocycles. The van der Waals surface area contributed by atoms with Gasteiger partial charge in [0.25, 0.3) is 0 Å². The van der Waals surface area contributed by atoms with Gasteiger partial charge in [0.2, 0.25) is 0 Å². The molecule has 1 aliphatic heterocycles. The van der Waals surface area contributed by atoms with E-state index >= 15 is 0 Å². The minimum Gasteiger partial charge on any atom is -0.493 e. The Kier molecular flexibility index (Phi) is 6.33. The number of halogens is 1. The molecular weight excluding hydrogens is 446 g/mol. The van der Waals surface area contributed by atoms with Crippen LogP contribution in [0.3, 0.4) is 0 Å². The van der Waals surface area contributed by atoms with E-state index in [1.807, 2.05) is 42.5 Å². The molecule has 6 heteroatoms. The highest BCUT2D eigenvalue weighted by molar-refractivity contribution is 9.10. The SMILES string of the molecule is COc1cc(CNc2ccc3c(c2)OCCO3)cc(Br)c1OCc1ccccc1C. The molecule has 0 saturated carbocycles. The largest absolute Gasteiger partial charge is 0.493 e. The van der Waals surface area contributed by atoms with Crippen LogP contribution in [0.2, 0.25) is 0 Å². The van der Waals surface area contributed by atoms with E-state index in [0.29, 0.717) is 37.9 Å². The summed E-state index contributed by atoms with van der Waals surface area (Å²) in [4.78, 5) is 0. The molecule has 0 aromatic heterocycles. The van der Waals surface area contributed by atoms with Crippen LogP contribution < -0.4 is 24.3 Å². The van der Waals surface area contributed by atoms with E-state index < -0.39 is 0 Å². The van der Waals surface area contributed by atoms with Gasteiger partial charge >= 0.3 is 0 Å². The first-order chi connectivity index (χ1) is 14.6. The molecule has 156 valence electrons. The van der Waals surface area contributed by atoms with Gasteiger partial charge in [-0.05, 0) is 63.8 Å². The number of nitrogens with one attached hydrogen (secondary N) is 1. The summed E-state index contributed by atoms with van der Waals surface area (Å²) in [6, 6.07) is 18.1. The van der Waals surface area contributed by atoms with E-state index in [0.717, 1.165) is 32.8 Å². The molecule has 0 spiro atoms. The lowest BCUT2D eigenvalue weighted by Gasteiger charge is -2.19. The summed E-state index contributed by atoms with van der Waals surface area (Å²) in [6.45, 7) is 4.36. The van der Waals surface area contributed by atoms with Crippen molar-refractivity contribution in [2.75, 3.05) is 25.6 Å². The van der Waals surface area contributed by atoms with Crippen LogP contribution in [0.25, 0.3) is 0 Å². The molecule has 0 bridgehead atoms. The lowest BCUT2D eigenvalue weighted by atomic mass is 10.1. The molecule has 3 aromatic carbocycles. The van der Waals surface area contributed by atoms with Crippen molar-refractivity contribution in [2.24, 2.45) is 0 Å². The Bertz CT molecular complexity index is 1040. The van der Waals surface area contributed by atoms with Gasteiger partial charge in [-0.2, -0.15) is 0 Å². The Labute approximate surface area is 185 Å². The molecule has 0 unspecified atom stereocenters. The van der Waals surface area contributed by atoms with Crippen LogP contribution >= 0.6 is 15.9 Å². The third-order valence-corrected chi connectivity index (χ3v) is 5.55. The smallest absolute Gasteiger partial charge is 0.175 e. The predicted octanol–water partition coefficient (Wildman–Crippen LogP) is 5.73. The Morgan fingerprint density at radius 2 is 1.80 bits per heavy atom. The van der Waals surface area contributed by atoms with Crippen LogP contribution in [-0.2, 0) is 13.2 Å². The van der Waals surface area contributed by atoms with E-state index in [1.165, 1.54) is 5.56 Å². The van der Waals surface area contributed by atoms with Crippen molar-refractivity contribution in [3.8, 4) is 23.0 Å². The van der Waals surface area contributed by atoms with E-state index in [9.17, 15) is 0 Å². The number of aryl methyl sites for hydroxylation is 1. The predicted molar refractivity (Wildman–Crippen MR) is 121 cm³/mol. The first-order valence-corrected chi connectivity index (χ1v) is 10.6. The highest BCUT2D eigenvalue weighted by Gasteiger charge is 2.14. The number of methoxy groups -OCH3 is 1. The lowest BCUT2D eigenvalue weighted by molar-refractivity contribution is 0.171. The van der Waals surface area contributed by atoms with Gasteiger partial charge in [-0.15, -0.1) is 0 Å². The van der Waals surface area contributed by atoms with Crippen molar-refractivity contribution in [1.82, 2.24) is 0 Å². The van der Waals surface area contributed by atoms with Gasteiger partial charge in [0.1, 0.15) is 19.8 Å². The van der Waals surface area contributed by atoms with Crippen LogP contribution in [0.1, 0.15) is 16.7 Å². The molecule has 1 aliphatic rings. The van der Waals surface area contributed by atoms with Gasteiger partial charge in [-0.25, -0.2) is 0 Å². The molecule has 0 radical (unpaired) electrons. The summed E-state index contributed by atoms with van der Waals surface area (Å²) >= 11 is 3.64. The molecule has 4 rings (SSSR count). The van der Waals surface area contributed by atoms with Crippen molar-refractivity contribution in [3.05, 3.63) is 75.8 Å². The number of rotatable bonds is 7. The Morgan fingerprint density at radius 1 is 1.00 bits per heavy atom. The summed E-state index contributed by atoms with van der Waals surface area (Å²) in [5.41, 5.74) is 4.38. The van der Waals surface area contributed by atoms with E-state index in [4.69, 9.17) is 18.9 Å². The summed E-state index contributed by atoms with van der Waals surface area (Å²) in [6.07, 6.45) is 0. The van der Waals surface area contributed by atoms with Crippen molar-refractivity contribution < 1.29 is 18.9 Å². The summed E-state index contributed by atoms with van der Waals surface area (Å²) in [5.74, 6) is 2.94. The number of anilines is 1. The quantitative estimate of drug-likeness (QED) is 0.478. The molecule has 3 aromatic rings. The van der Waals surface area contributed by atoms with Crippen LogP contribution in [-0.4, -0.2) is 20.3 Å². The molecule has 0 saturated heterocycles. The number of ether oxygens (including phenoxy) is 4. The minimum absolute atomic E-state index is 0.483. The molecular formula is C24H24BrNO4. The van der Waals surface area contributed by atoms with Crippen LogP contribution in [0.15, 0.2) is 59.1 Å². The second kappa shape index (κ2) is 9.30. The molecule has 0 amide bonds. The summed E-state index contributed by atoms with van der Waals surface area (Å²) in [7, 11) is 1.65. The zero-order chi connectivity index (χ0) is 20.9. The Morgan fingerprint density at radius 3 is 2.60 bits per heavy atom. The molecule has 1 N–H and O–H groups in total. The topological polar surface area (TPSA) is 49.0 Å². The summed E-state index contributed by atoms with van der Waals surface area (Å²) in [5, 5.41) is 3.42. The van der Waals surface area contributed by atoms with Gasteiger partial charge in [0, 0.05) is 18.3 Å². The average Bonchev–Trinajstić information content (AvgIpc) is 2.77. The maximum absolute atomic E-state index is 6.08. The number of hydrogen-bond acceptors (Lipinski definition) is 5. The minimum atomic E-state index is 0.483. The van der Waals surface area contributed by atoms with Crippen LogP contribution in [0.4, 0.5) is 5.69 Å². The first kappa shape index (κ1) is 20.4. The first-order valence-electron chi connectivity index (χ1n) is 9.81. The number of benzene rings is 3. The standard InChI is InChI=1S/C24H24BrNO4/c1-16-5-3-4-6-18(16)15-30-24-20(25)11-17(12-23(24)27-2)14-26-19-7-8-21-22(13-19)29-10-9-28-21/h3-8,11-13,26H,9-10,14-15H2,1-2H3. The van der Waals surface area contributed by atoms with E-state index in [2.05, 4.69) is 40.3 Å². The zero-order valence-electron chi connectivity index (χ0n) is 17.0. The number of fused-ring (bicyclic) bond motifs is 1. The van der Waals surface area contributed by atoms with Crippen molar-refractivity contribution in [3.63, 3.8) is 0 Å². The fraction of sp³-hybridized carbons (Fsp3) is 0.250. The monoisotopic (exact) mass is 469 g/mol. The van der Waals surface area contributed by atoms with Crippen LogP contribution in [0.5, 0.6) is 23.0 Å². The third kappa shape index (κ3) is 4.65. The van der Waals surface area contributed by atoms with Gasteiger partial charge in [0.15, 0.2) is 23.0 Å². The molecule has 0 fully saturated rings. The second-order valence-electron chi connectivity index (χ2n) is 7.04. The highest BCUT2D eigenvalue weighted by Crippen LogP contribution is 2.38. The van der Waals surface area contributed by atoms with Gasteiger partial charge in [-0.1, -0.05) is 24.3 Å². The normalized spacial score (nSPS) is 12.4. The van der Waals surface area contributed by atoms with E-state index in [1.54, 1.807) is 7.11 Å². The Hall–Kier alpha value is -2.86. The summed E-state index contributed by atoms with van der Waals surface area (Å²) < 4.78 is 23.8. The van der Waals surface area contributed by atoms with Crippen molar-refractivity contribution in [2.45, 2.75) is 20.1 Å².